The van der Waals surface area contributed by atoms with Crippen LogP contribution in [-0.2, 0) is 18.3 Å². The highest BCUT2D eigenvalue weighted by molar-refractivity contribution is 5.31. The highest BCUT2D eigenvalue weighted by atomic mass is 19.4. The molecule has 0 unspecified atom stereocenters. The monoisotopic (exact) mass is 324 g/mol. The number of hydrogen-bond donors (Lipinski definition) is 2. The van der Waals surface area contributed by atoms with E-state index in [9.17, 15) is 18.3 Å². The first kappa shape index (κ1) is 17.4. The molecule has 0 saturated carbocycles. The molecule has 2 rings (SSSR count). The molecule has 23 heavy (non-hydrogen) atoms. The third-order valence-corrected chi connectivity index (χ3v) is 3.78. The topological polar surface area (TPSA) is 45.1 Å². The summed E-state index contributed by atoms with van der Waals surface area (Å²) in [6, 6.07) is 8.74. The lowest BCUT2D eigenvalue weighted by Crippen LogP contribution is -2.42. The number of aryl methyl sites for hydroxylation is 1. The highest BCUT2D eigenvalue weighted by Gasteiger charge is 2.33. The third-order valence-electron chi connectivity index (χ3n) is 3.78. The molecule has 0 radical (unpaired) electrons. The van der Waals surface area contributed by atoms with E-state index in [1.807, 2.05) is 19.1 Å². The van der Waals surface area contributed by atoms with Crippen molar-refractivity contribution in [2.75, 3.05) is 6.61 Å². The summed E-state index contributed by atoms with van der Waals surface area (Å²) in [6.45, 7) is 3.59. The van der Waals surface area contributed by atoms with Crippen LogP contribution in [0.4, 0.5) is 13.2 Å². The Balaban J connectivity index is 2.21. The van der Waals surface area contributed by atoms with Gasteiger partial charge in [-0.25, -0.2) is 0 Å². The molecule has 0 bridgehead atoms. The maximum atomic E-state index is 12.9. The fourth-order valence-corrected chi connectivity index (χ4v) is 2.18. The maximum absolute atomic E-state index is 12.9. The zero-order valence-corrected chi connectivity index (χ0v) is 13.0. The minimum atomic E-state index is -4.41. The second-order valence-electron chi connectivity index (χ2n) is 5.75. The molecular formula is C17H19F3N2O. The summed E-state index contributed by atoms with van der Waals surface area (Å²) in [4.78, 5) is 4.24. The number of aliphatic hydroxyl groups is 1. The summed E-state index contributed by atoms with van der Waals surface area (Å²) < 4.78 is 38.6. The summed E-state index contributed by atoms with van der Waals surface area (Å²) in [6.07, 6.45) is -2.69. The summed E-state index contributed by atoms with van der Waals surface area (Å²) >= 11 is 0. The molecule has 1 aromatic heterocycles. The van der Waals surface area contributed by atoms with E-state index in [1.54, 1.807) is 19.2 Å². The standard InChI is InChI=1S/C17H19F3N2O/c1-12-6-7-15(21-9-12)10-22-16(2,11-23)13-4-3-5-14(8-13)17(18,19)20/h3-9,22-23H,10-11H2,1-2H3/t16-/m1/s1. The fourth-order valence-electron chi connectivity index (χ4n) is 2.18. The van der Waals surface area contributed by atoms with Crippen molar-refractivity contribution in [1.82, 2.24) is 10.3 Å². The smallest absolute Gasteiger partial charge is 0.394 e. The van der Waals surface area contributed by atoms with Crippen molar-refractivity contribution >= 4 is 0 Å². The molecule has 124 valence electrons. The first-order chi connectivity index (χ1) is 10.7. The number of nitrogens with zero attached hydrogens (tertiary/aromatic N) is 1. The predicted octanol–water partition coefficient (Wildman–Crippen LogP) is 3.41. The minimum Gasteiger partial charge on any atom is -0.394 e. The largest absolute Gasteiger partial charge is 0.416 e. The minimum absolute atomic E-state index is 0.333. The van der Waals surface area contributed by atoms with Crippen LogP contribution in [0.15, 0.2) is 42.6 Å². The van der Waals surface area contributed by atoms with E-state index < -0.39 is 17.3 Å². The average Bonchev–Trinajstić information content (AvgIpc) is 2.53. The molecule has 0 spiro atoms. The molecule has 2 aromatic rings. The van der Waals surface area contributed by atoms with Crippen LogP contribution in [0.2, 0.25) is 0 Å². The quantitative estimate of drug-likeness (QED) is 0.886. The van der Waals surface area contributed by atoms with Gasteiger partial charge in [0.05, 0.1) is 23.4 Å². The van der Waals surface area contributed by atoms with Gasteiger partial charge in [-0.15, -0.1) is 0 Å². The van der Waals surface area contributed by atoms with Crippen molar-refractivity contribution in [3.8, 4) is 0 Å². The van der Waals surface area contributed by atoms with Crippen molar-refractivity contribution in [2.45, 2.75) is 32.1 Å². The van der Waals surface area contributed by atoms with Gasteiger partial charge in [0.15, 0.2) is 0 Å². The Morgan fingerprint density at radius 2 is 1.83 bits per heavy atom. The molecule has 0 aliphatic heterocycles. The molecule has 0 aliphatic rings. The first-order valence-corrected chi connectivity index (χ1v) is 7.20. The summed E-state index contributed by atoms with van der Waals surface area (Å²) in [5.41, 5.74) is 0.430. The molecule has 1 heterocycles. The Kier molecular flexibility index (Phi) is 5.06. The van der Waals surface area contributed by atoms with Gasteiger partial charge in [0, 0.05) is 12.7 Å². The Morgan fingerprint density at radius 1 is 1.13 bits per heavy atom. The molecule has 1 aromatic carbocycles. The van der Waals surface area contributed by atoms with Gasteiger partial charge in [-0.2, -0.15) is 13.2 Å². The second-order valence-corrected chi connectivity index (χ2v) is 5.75. The number of benzene rings is 1. The van der Waals surface area contributed by atoms with Gasteiger partial charge < -0.3 is 10.4 Å². The van der Waals surface area contributed by atoms with Crippen molar-refractivity contribution < 1.29 is 18.3 Å². The number of nitrogens with one attached hydrogen (secondary N) is 1. The molecule has 6 heteroatoms. The van der Waals surface area contributed by atoms with Gasteiger partial charge in [0.25, 0.3) is 0 Å². The lowest BCUT2D eigenvalue weighted by molar-refractivity contribution is -0.137. The van der Waals surface area contributed by atoms with E-state index in [0.717, 1.165) is 23.4 Å². The molecule has 0 amide bonds. The molecule has 3 nitrogen and oxygen atoms in total. The number of hydrogen-bond acceptors (Lipinski definition) is 3. The fraction of sp³-hybridized carbons (Fsp3) is 0.353. The highest BCUT2D eigenvalue weighted by Crippen LogP contribution is 2.32. The van der Waals surface area contributed by atoms with Crippen LogP contribution in [0.3, 0.4) is 0 Å². The Hall–Kier alpha value is -1.92. The van der Waals surface area contributed by atoms with Crippen LogP contribution in [-0.4, -0.2) is 16.7 Å². The number of aliphatic hydroxyl groups excluding tert-OH is 1. The van der Waals surface area contributed by atoms with Crippen LogP contribution in [0.5, 0.6) is 0 Å². The molecule has 0 aliphatic carbocycles. The van der Waals surface area contributed by atoms with E-state index in [-0.39, 0.29) is 6.61 Å². The number of alkyl halides is 3. The van der Waals surface area contributed by atoms with E-state index in [1.165, 1.54) is 6.07 Å². The Bertz CT molecular complexity index is 656. The summed E-state index contributed by atoms with van der Waals surface area (Å²) in [5, 5.41) is 12.8. The lowest BCUT2D eigenvalue weighted by Gasteiger charge is -2.30. The zero-order valence-electron chi connectivity index (χ0n) is 13.0. The number of halogens is 3. The molecular weight excluding hydrogens is 305 g/mol. The van der Waals surface area contributed by atoms with Gasteiger partial charge in [-0.1, -0.05) is 18.2 Å². The third kappa shape index (κ3) is 4.30. The van der Waals surface area contributed by atoms with E-state index >= 15 is 0 Å². The van der Waals surface area contributed by atoms with E-state index in [4.69, 9.17) is 0 Å². The summed E-state index contributed by atoms with van der Waals surface area (Å²) in [7, 11) is 0. The van der Waals surface area contributed by atoms with E-state index in [2.05, 4.69) is 10.3 Å². The molecule has 2 N–H and O–H groups in total. The number of aromatic nitrogens is 1. The zero-order chi connectivity index (χ0) is 17.1. The van der Waals surface area contributed by atoms with Crippen molar-refractivity contribution in [3.05, 3.63) is 65.0 Å². The van der Waals surface area contributed by atoms with Gasteiger partial charge in [-0.05, 0) is 43.2 Å². The average molecular weight is 324 g/mol. The second kappa shape index (κ2) is 6.68. The van der Waals surface area contributed by atoms with Crippen molar-refractivity contribution in [1.29, 1.82) is 0 Å². The Labute approximate surface area is 133 Å². The maximum Gasteiger partial charge on any atom is 0.416 e. The van der Waals surface area contributed by atoms with Gasteiger partial charge in [0.1, 0.15) is 0 Å². The van der Waals surface area contributed by atoms with E-state index in [0.29, 0.717) is 12.1 Å². The molecule has 1 atom stereocenters. The van der Waals surface area contributed by atoms with Crippen molar-refractivity contribution in [2.24, 2.45) is 0 Å². The predicted molar refractivity (Wildman–Crippen MR) is 81.7 cm³/mol. The lowest BCUT2D eigenvalue weighted by atomic mass is 9.91. The molecule has 0 saturated heterocycles. The van der Waals surface area contributed by atoms with Crippen LogP contribution in [0.25, 0.3) is 0 Å². The summed E-state index contributed by atoms with van der Waals surface area (Å²) in [5.74, 6) is 0. The van der Waals surface area contributed by atoms with Gasteiger partial charge in [-0.3, -0.25) is 4.98 Å². The normalized spacial score (nSPS) is 14.5. The van der Waals surface area contributed by atoms with Crippen LogP contribution < -0.4 is 5.32 Å². The molecule has 0 fully saturated rings. The van der Waals surface area contributed by atoms with Crippen LogP contribution in [0.1, 0.15) is 29.3 Å². The van der Waals surface area contributed by atoms with Gasteiger partial charge >= 0.3 is 6.18 Å². The van der Waals surface area contributed by atoms with Gasteiger partial charge in [0.2, 0.25) is 0 Å². The SMILES string of the molecule is Cc1ccc(CN[C@](C)(CO)c2cccc(C(F)(F)F)c2)nc1. The first-order valence-electron chi connectivity index (χ1n) is 7.20. The van der Waals surface area contributed by atoms with Crippen LogP contribution >= 0.6 is 0 Å². The number of rotatable bonds is 5. The van der Waals surface area contributed by atoms with Crippen LogP contribution in [0, 0.1) is 6.92 Å². The van der Waals surface area contributed by atoms with Crippen molar-refractivity contribution in [3.63, 3.8) is 0 Å². The number of pyridine rings is 1. The Morgan fingerprint density at radius 3 is 2.39 bits per heavy atom.